The first-order valence-electron chi connectivity index (χ1n) is 11.1. The quantitative estimate of drug-likeness (QED) is 0.417. The highest BCUT2D eigenvalue weighted by Crippen LogP contribution is 2.30. The number of carbonyl (C=O) groups excluding carboxylic acids is 1. The summed E-state index contributed by atoms with van der Waals surface area (Å²) >= 11 is 0. The predicted octanol–water partition coefficient (Wildman–Crippen LogP) is 3.61. The molecular formula is C26H28N4O5. The normalized spacial score (nSPS) is 10.9. The molecule has 0 radical (unpaired) electrons. The number of carbonyl (C=O) groups is 1. The van der Waals surface area contributed by atoms with E-state index in [1.807, 2.05) is 48.9 Å². The van der Waals surface area contributed by atoms with E-state index in [-0.39, 0.29) is 24.3 Å². The Morgan fingerprint density at radius 1 is 1.00 bits per heavy atom. The van der Waals surface area contributed by atoms with Gasteiger partial charge >= 0.3 is 0 Å². The van der Waals surface area contributed by atoms with Gasteiger partial charge < -0.3 is 24.1 Å². The van der Waals surface area contributed by atoms with E-state index in [0.717, 1.165) is 11.3 Å². The van der Waals surface area contributed by atoms with Crippen LogP contribution in [-0.2, 0) is 18.3 Å². The van der Waals surface area contributed by atoms with Crippen LogP contribution in [0.2, 0.25) is 0 Å². The summed E-state index contributed by atoms with van der Waals surface area (Å²) in [5.74, 6) is 1.59. The maximum Gasteiger partial charge on any atom is 0.277 e. The van der Waals surface area contributed by atoms with Gasteiger partial charge in [0.05, 0.1) is 27.0 Å². The third-order valence-electron chi connectivity index (χ3n) is 6.06. The Bertz CT molecular complexity index is 1450. The molecule has 0 aliphatic carbocycles. The summed E-state index contributed by atoms with van der Waals surface area (Å²) in [6, 6.07) is 14.5. The second-order valence-electron chi connectivity index (χ2n) is 8.08. The first-order chi connectivity index (χ1) is 16.9. The lowest BCUT2D eigenvalue weighted by Crippen LogP contribution is -2.26. The third kappa shape index (κ3) is 4.70. The molecule has 2 heterocycles. The van der Waals surface area contributed by atoms with Crippen molar-refractivity contribution in [1.82, 2.24) is 14.2 Å². The number of amides is 1. The summed E-state index contributed by atoms with van der Waals surface area (Å²) in [6.07, 6.45) is 0.419. The summed E-state index contributed by atoms with van der Waals surface area (Å²) in [7, 11) is 6.58. The highest BCUT2D eigenvalue weighted by molar-refractivity contribution is 5.91. The van der Waals surface area contributed by atoms with Gasteiger partial charge in [-0.05, 0) is 37.6 Å². The van der Waals surface area contributed by atoms with Crippen LogP contribution in [0.15, 0.2) is 53.3 Å². The first kappa shape index (κ1) is 23.9. The highest BCUT2D eigenvalue weighted by Gasteiger charge is 2.17. The molecule has 0 atom stereocenters. The average molecular weight is 477 g/mol. The van der Waals surface area contributed by atoms with Crippen LogP contribution in [-0.4, -0.2) is 41.4 Å². The monoisotopic (exact) mass is 476 g/mol. The number of ether oxygens (including phenoxy) is 3. The van der Waals surface area contributed by atoms with Crippen LogP contribution in [0.4, 0.5) is 5.69 Å². The Kier molecular flexibility index (Phi) is 6.77. The molecule has 0 bridgehead atoms. The van der Waals surface area contributed by atoms with Crippen LogP contribution in [0.25, 0.3) is 16.9 Å². The Hall–Kier alpha value is -4.27. The van der Waals surface area contributed by atoms with Gasteiger partial charge in [0.2, 0.25) is 5.91 Å². The van der Waals surface area contributed by atoms with Gasteiger partial charge in [-0.15, -0.1) is 0 Å². The van der Waals surface area contributed by atoms with Crippen molar-refractivity contribution in [2.24, 2.45) is 7.05 Å². The van der Waals surface area contributed by atoms with E-state index >= 15 is 0 Å². The smallest absolute Gasteiger partial charge is 0.277 e. The zero-order chi connectivity index (χ0) is 25.1. The van der Waals surface area contributed by atoms with Gasteiger partial charge in [-0.2, -0.15) is 9.61 Å². The van der Waals surface area contributed by atoms with Crippen molar-refractivity contribution in [3.8, 4) is 28.5 Å². The van der Waals surface area contributed by atoms with Crippen molar-refractivity contribution in [2.45, 2.75) is 19.8 Å². The Morgan fingerprint density at radius 3 is 2.49 bits per heavy atom. The number of anilines is 1. The molecule has 0 aliphatic rings. The topological polar surface area (TPSA) is 96.1 Å². The number of hydrogen-bond acceptors (Lipinski definition) is 6. The van der Waals surface area contributed by atoms with Crippen molar-refractivity contribution in [1.29, 1.82) is 0 Å². The van der Waals surface area contributed by atoms with Crippen molar-refractivity contribution in [3.63, 3.8) is 0 Å². The van der Waals surface area contributed by atoms with Gasteiger partial charge in [0.1, 0.15) is 11.4 Å². The summed E-state index contributed by atoms with van der Waals surface area (Å²) in [5, 5.41) is 7.40. The fourth-order valence-electron chi connectivity index (χ4n) is 4.00. The van der Waals surface area contributed by atoms with E-state index in [0.29, 0.717) is 39.8 Å². The molecule has 182 valence electrons. The molecule has 0 aliphatic heterocycles. The summed E-state index contributed by atoms with van der Waals surface area (Å²) in [4.78, 5) is 25.9. The standard InChI is InChI=1S/C26H28N4O5/c1-16-20(10-12-24(31)27-18-9-11-22(34-4)23(14-18)35-5)26(32)30-25(29(16)2)15-21(28-30)17-7-6-8-19(13-17)33-3/h6-9,11,13-15H,10,12H2,1-5H3,(H,27,31). The molecule has 1 amide bonds. The van der Waals surface area contributed by atoms with Crippen molar-refractivity contribution in [2.75, 3.05) is 26.6 Å². The number of nitrogens with zero attached hydrogens (tertiary/aromatic N) is 3. The fraction of sp³-hybridized carbons (Fsp3) is 0.269. The van der Waals surface area contributed by atoms with Gasteiger partial charge in [0.15, 0.2) is 11.5 Å². The van der Waals surface area contributed by atoms with E-state index in [4.69, 9.17) is 14.2 Å². The van der Waals surface area contributed by atoms with Crippen LogP contribution in [0.3, 0.4) is 0 Å². The molecule has 9 nitrogen and oxygen atoms in total. The van der Waals surface area contributed by atoms with Gasteiger partial charge in [-0.1, -0.05) is 12.1 Å². The number of benzene rings is 2. The molecule has 2 aromatic carbocycles. The van der Waals surface area contributed by atoms with Crippen LogP contribution in [0.5, 0.6) is 17.2 Å². The van der Waals surface area contributed by atoms with E-state index in [1.165, 1.54) is 11.6 Å². The molecule has 0 saturated heterocycles. The number of rotatable bonds is 8. The minimum atomic E-state index is -0.233. The van der Waals surface area contributed by atoms with E-state index in [1.54, 1.807) is 32.4 Å². The summed E-state index contributed by atoms with van der Waals surface area (Å²) in [5.41, 5.74) is 3.87. The SMILES string of the molecule is COc1cccc(-c2cc3n(C)c(C)c(CCC(=O)Nc4ccc(OC)c(OC)c4)c(=O)n3n2)c1. The molecule has 0 unspecified atom stereocenters. The van der Waals surface area contributed by atoms with Gasteiger partial charge in [0.25, 0.3) is 5.56 Å². The number of hydrogen-bond donors (Lipinski definition) is 1. The Labute approximate surface area is 202 Å². The van der Waals surface area contributed by atoms with Crippen molar-refractivity contribution >= 4 is 17.2 Å². The van der Waals surface area contributed by atoms with Gasteiger partial charge in [0, 0.05) is 48.1 Å². The molecule has 1 N–H and O–H groups in total. The van der Waals surface area contributed by atoms with Crippen LogP contribution >= 0.6 is 0 Å². The fourth-order valence-corrected chi connectivity index (χ4v) is 4.00. The second kappa shape index (κ2) is 9.92. The van der Waals surface area contributed by atoms with E-state index < -0.39 is 0 Å². The number of nitrogens with one attached hydrogen (secondary N) is 1. The van der Waals surface area contributed by atoms with Crippen LogP contribution in [0, 0.1) is 6.92 Å². The van der Waals surface area contributed by atoms with Gasteiger partial charge in [-0.25, -0.2) is 0 Å². The first-order valence-corrected chi connectivity index (χ1v) is 11.1. The molecule has 9 heteroatoms. The Morgan fingerprint density at radius 2 is 1.77 bits per heavy atom. The summed E-state index contributed by atoms with van der Waals surface area (Å²) in [6.45, 7) is 1.88. The third-order valence-corrected chi connectivity index (χ3v) is 6.06. The molecule has 0 fully saturated rings. The second-order valence-corrected chi connectivity index (χ2v) is 8.08. The van der Waals surface area contributed by atoms with E-state index in [2.05, 4.69) is 10.4 Å². The lowest BCUT2D eigenvalue weighted by molar-refractivity contribution is -0.116. The Balaban J connectivity index is 1.57. The number of aromatic nitrogens is 3. The number of aryl methyl sites for hydroxylation is 1. The molecular weight excluding hydrogens is 448 g/mol. The molecule has 2 aromatic heterocycles. The molecule has 35 heavy (non-hydrogen) atoms. The molecule has 0 saturated carbocycles. The lowest BCUT2D eigenvalue weighted by atomic mass is 10.1. The summed E-state index contributed by atoms with van der Waals surface area (Å²) < 4.78 is 19.1. The zero-order valence-corrected chi connectivity index (χ0v) is 20.4. The van der Waals surface area contributed by atoms with Crippen molar-refractivity contribution in [3.05, 3.63) is 70.1 Å². The minimum Gasteiger partial charge on any atom is -0.497 e. The number of fused-ring (bicyclic) bond motifs is 1. The lowest BCUT2D eigenvalue weighted by Gasteiger charge is -2.13. The highest BCUT2D eigenvalue weighted by atomic mass is 16.5. The maximum absolute atomic E-state index is 13.3. The number of methoxy groups -OCH3 is 3. The maximum atomic E-state index is 13.3. The molecule has 4 rings (SSSR count). The minimum absolute atomic E-state index is 0.139. The molecule has 4 aromatic rings. The predicted molar refractivity (Wildman–Crippen MR) is 134 cm³/mol. The zero-order valence-electron chi connectivity index (χ0n) is 20.4. The van der Waals surface area contributed by atoms with Crippen LogP contribution in [0.1, 0.15) is 17.7 Å². The molecule has 0 spiro atoms. The van der Waals surface area contributed by atoms with Gasteiger partial charge in [-0.3, -0.25) is 9.59 Å². The van der Waals surface area contributed by atoms with E-state index in [9.17, 15) is 9.59 Å². The van der Waals surface area contributed by atoms with Crippen molar-refractivity contribution < 1.29 is 19.0 Å². The largest absolute Gasteiger partial charge is 0.497 e. The average Bonchev–Trinajstić information content (AvgIpc) is 3.33. The van der Waals surface area contributed by atoms with Crippen LogP contribution < -0.4 is 25.1 Å².